The lowest BCUT2D eigenvalue weighted by Gasteiger charge is -2.19. The zero-order chi connectivity index (χ0) is 90.0. The highest BCUT2D eigenvalue weighted by atomic mass is 16.6. The molecule has 0 aliphatic carbocycles. The predicted octanol–water partition coefficient (Wildman–Crippen LogP) is 14.5. The first kappa shape index (κ1) is 89.0. The average molecular weight is 1730 g/mol. The average Bonchev–Trinajstić information content (AvgIpc) is 1.60. The molecule has 8 bridgehead atoms. The summed E-state index contributed by atoms with van der Waals surface area (Å²) in [5, 5.41) is 22.0. The molecule has 5 heterocycles. The summed E-state index contributed by atoms with van der Waals surface area (Å²) in [5.41, 5.74) is 7.79. The number of urea groups is 4. The molecule has 128 heavy (non-hydrogen) atoms. The Labute approximate surface area is 732 Å². The van der Waals surface area contributed by atoms with Gasteiger partial charge in [0.2, 0.25) is 0 Å². The van der Waals surface area contributed by atoms with E-state index in [1.54, 1.807) is 267 Å². The molecule has 650 valence electrons. The summed E-state index contributed by atoms with van der Waals surface area (Å²) in [7, 11) is 4.53. The van der Waals surface area contributed by atoms with E-state index in [1.807, 2.05) is 0 Å². The van der Waals surface area contributed by atoms with Gasteiger partial charge >= 0.3 is 71.9 Å². The Kier molecular flexibility index (Phi) is 29.8. The zero-order valence-electron chi connectivity index (χ0n) is 69.4. The first-order valence-corrected chi connectivity index (χ1v) is 40.1. The van der Waals surface area contributed by atoms with Crippen LogP contribution in [0, 0.1) is 0 Å². The molecule has 0 saturated heterocycles. The summed E-state index contributed by atoms with van der Waals surface area (Å²) in [6, 6.07) is 58.7. The molecule has 32 heteroatoms. The number of rotatable bonds is 32. The highest BCUT2D eigenvalue weighted by Crippen LogP contribution is 2.43. The number of hydrogen-bond donors (Lipinski definition) is 10. The van der Waals surface area contributed by atoms with Gasteiger partial charge in [0.05, 0.1) is 99.6 Å². The number of benzene rings is 8. The highest BCUT2D eigenvalue weighted by molar-refractivity contribution is 6.09. The van der Waals surface area contributed by atoms with Gasteiger partial charge in [0.1, 0.15) is 50.6 Å². The molecular weight excluding hydrogens is 1640 g/mol. The predicted molar refractivity (Wildman–Crippen MR) is 476 cm³/mol. The first-order chi connectivity index (χ1) is 62.2. The van der Waals surface area contributed by atoms with Crippen molar-refractivity contribution in [2.75, 3.05) is 49.7 Å². The molecule has 0 fully saturated rings. The van der Waals surface area contributed by atoms with Crippen LogP contribution in [0.4, 0.5) is 41.9 Å². The van der Waals surface area contributed by atoms with E-state index >= 15 is 0 Å². The number of amides is 8. The third-order valence-corrected chi connectivity index (χ3v) is 20.2. The summed E-state index contributed by atoms with van der Waals surface area (Å²) in [5.74, 6) is -7.11. The van der Waals surface area contributed by atoms with Gasteiger partial charge < -0.3 is 90.4 Å². The van der Waals surface area contributed by atoms with E-state index in [0.29, 0.717) is 88.8 Å². The summed E-state index contributed by atoms with van der Waals surface area (Å²) in [4.78, 5) is 185. The first-order valence-electron chi connectivity index (χ1n) is 40.1. The fourth-order valence-corrected chi connectivity index (χ4v) is 13.9. The number of anilines is 4. The van der Waals surface area contributed by atoms with Gasteiger partial charge in [0, 0.05) is 66.6 Å². The van der Waals surface area contributed by atoms with Gasteiger partial charge in [0.15, 0.2) is 0 Å². The van der Waals surface area contributed by atoms with Crippen molar-refractivity contribution < 1.29 is 95.4 Å². The van der Waals surface area contributed by atoms with E-state index in [0.717, 1.165) is 28.4 Å². The summed E-state index contributed by atoms with van der Waals surface area (Å²) in [6.45, 7) is -0.758. The number of carbonyl (C=O) groups is 12. The fraction of sp³-hybridized carbons (Fsp3) is 0.167. The van der Waals surface area contributed by atoms with Gasteiger partial charge in [-0.1, -0.05) is 194 Å². The Hall–Kier alpha value is -16.8. The fourth-order valence-electron chi connectivity index (χ4n) is 13.9. The number of para-hydroxylation sites is 4. The minimum Gasteiger partial charge on any atom is -0.469 e. The minimum absolute atomic E-state index is 0.136. The zero-order valence-corrected chi connectivity index (χ0v) is 69.4. The Morgan fingerprint density at radius 3 is 0.664 bits per heavy atom. The highest BCUT2D eigenvalue weighted by Gasteiger charge is 2.33. The molecule has 8 aromatic carbocycles. The minimum atomic E-state index is -1.56. The largest absolute Gasteiger partial charge is 0.469 e. The number of esters is 8. The number of aromatic nitrogens is 4. The topological polar surface area (TPSA) is 432 Å². The van der Waals surface area contributed by atoms with Gasteiger partial charge in [-0.05, 0) is 95.1 Å². The quantitative estimate of drug-likeness (QED) is 0.0138. The van der Waals surface area contributed by atoms with Gasteiger partial charge in [-0.15, -0.1) is 0 Å². The number of aromatic amines is 2. The standard InChI is InChI=1S/C96H86N12O20/c1-121-81(109)49-77(89(113)125-53-57-25-9-5-10-26-57)105-93(117)101-65-37-21-17-33-61(65)85-69-41-43-71(97-69)86(62-34-18-22-38-66(62)102-94(118)106-78(50-82(110)122-2)90(114)126-54-58-27-11-6-12-28-58)73-45-47-75(99-73)88(64-36-20-24-40-68(64)104-96(120)108-80(52-84(112)124-4)92(116)128-56-60-31-15-8-16-32-60)76-48-46-74(100-76)87(72-44-42-70(85)98-72)63-35-19-23-39-67(63)103-95(119)107-79(51-83(111)123-3)91(115)127-55-59-29-13-7-14-30-59/h5-48,77-80,97,100H,49-56H2,1-4H3,(H2,101,105,117)(H2,102,106,118)(H2,103,107,119)(H2,104,108,120)/t77-,78-,79-,80-/m0/s1. The molecule has 8 amide bonds. The molecular formula is C96H86N12O20. The molecule has 4 atom stereocenters. The lowest BCUT2D eigenvalue weighted by Crippen LogP contribution is -2.45. The van der Waals surface area contributed by atoms with Crippen molar-refractivity contribution in [1.29, 1.82) is 0 Å². The third-order valence-electron chi connectivity index (χ3n) is 20.2. The maximum Gasteiger partial charge on any atom is 0.329 e. The molecule has 0 saturated carbocycles. The third kappa shape index (κ3) is 23.1. The summed E-state index contributed by atoms with van der Waals surface area (Å²) in [6.07, 6.45) is 4.37. The number of hydrogen-bond acceptors (Lipinski definition) is 22. The number of fused-ring (bicyclic) bond motifs is 8. The van der Waals surface area contributed by atoms with E-state index in [-0.39, 0.29) is 72.0 Å². The molecule has 2 aliphatic rings. The second kappa shape index (κ2) is 42.8. The van der Waals surface area contributed by atoms with Crippen molar-refractivity contribution in [1.82, 2.24) is 41.2 Å². The lowest BCUT2D eigenvalue weighted by atomic mass is 10.0. The Morgan fingerprint density at radius 1 is 0.266 bits per heavy atom. The normalized spacial score (nSPS) is 12.0. The van der Waals surface area contributed by atoms with E-state index in [1.165, 1.54) is 0 Å². The van der Waals surface area contributed by atoms with Crippen molar-refractivity contribution in [3.8, 4) is 44.5 Å². The summed E-state index contributed by atoms with van der Waals surface area (Å²) < 4.78 is 42.3. The molecule has 13 rings (SSSR count). The molecule has 10 N–H and O–H groups in total. The van der Waals surface area contributed by atoms with Crippen molar-refractivity contribution in [2.45, 2.75) is 76.3 Å². The summed E-state index contributed by atoms with van der Waals surface area (Å²) >= 11 is 0. The SMILES string of the molecule is COC(=O)C[C@H](NC(=O)Nc1ccccc1-c1c2nc(c(-c3ccccc3NC(=O)N[C@@H](CC(=O)OC)C(=O)OCc3ccccc3)c3ccc([nH]3)c(-c3ccccc3NC(=O)N[C@@H](CC(=O)OC)C(=O)OCc3ccccc3)c3nc(c(-c4ccccc4NC(=O)N[C@@H](CC(=O)OC)C(=O)OCc4ccccc4)c4ccc1[nH]4)C=C3)C=C2)C(=O)OCc1ccccc1. The number of carbonyl (C=O) groups excluding carboxylic acids is 12. The van der Waals surface area contributed by atoms with Crippen LogP contribution in [-0.4, -0.2) is 144 Å². The van der Waals surface area contributed by atoms with Gasteiger partial charge in [-0.25, -0.2) is 48.3 Å². The van der Waals surface area contributed by atoms with Crippen molar-refractivity contribution >= 4 is 141 Å². The van der Waals surface area contributed by atoms with Crippen LogP contribution in [0.5, 0.6) is 0 Å². The maximum atomic E-state index is 14.7. The van der Waals surface area contributed by atoms with Crippen molar-refractivity contribution in [2.24, 2.45) is 0 Å². The Morgan fingerprint density at radius 2 is 0.461 bits per heavy atom. The van der Waals surface area contributed by atoms with Crippen molar-refractivity contribution in [3.63, 3.8) is 0 Å². The van der Waals surface area contributed by atoms with Crippen molar-refractivity contribution in [3.05, 3.63) is 288 Å². The van der Waals surface area contributed by atoms with Crippen LogP contribution < -0.4 is 42.5 Å². The molecule has 32 nitrogen and oxygen atoms in total. The lowest BCUT2D eigenvalue weighted by molar-refractivity contribution is -0.152. The van der Waals surface area contributed by atoms with Gasteiger partial charge in [-0.2, -0.15) is 0 Å². The monoisotopic (exact) mass is 1730 g/mol. The molecule has 0 unspecified atom stereocenters. The number of nitrogens with zero attached hydrogens (tertiary/aromatic N) is 2. The van der Waals surface area contributed by atoms with Crippen LogP contribution in [-0.2, 0) is 103 Å². The van der Waals surface area contributed by atoms with E-state index in [9.17, 15) is 57.5 Å². The van der Waals surface area contributed by atoms with E-state index in [4.69, 9.17) is 47.9 Å². The number of methoxy groups -OCH3 is 4. The van der Waals surface area contributed by atoms with E-state index in [2.05, 4.69) is 52.5 Å². The maximum absolute atomic E-state index is 14.7. The van der Waals surface area contributed by atoms with Gasteiger partial charge in [-0.3, -0.25) is 19.2 Å². The second-order valence-corrected chi connectivity index (χ2v) is 28.8. The Bertz CT molecular complexity index is 5500. The number of H-pyrrole nitrogens is 2. The second-order valence-electron chi connectivity index (χ2n) is 28.8. The van der Waals surface area contributed by atoms with Crippen LogP contribution >= 0.6 is 0 Å². The van der Waals surface area contributed by atoms with Crippen LogP contribution in [0.1, 0.15) is 70.7 Å². The number of nitrogens with one attached hydrogen (secondary N) is 10. The molecule has 3 aromatic heterocycles. The number of ether oxygens (including phenoxy) is 8. The molecule has 0 spiro atoms. The van der Waals surface area contributed by atoms with Crippen LogP contribution in [0.2, 0.25) is 0 Å². The Balaban J connectivity index is 1.01. The van der Waals surface area contributed by atoms with Crippen LogP contribution in [0.15, 0.2) is 243 Å². The van der Waals surface area contributed by atoms with Crippen LogP contribution in [0.25, 0.3) is 90.9 Å². The molecule has 2 aliphatic heterocycles. The molecule has 0 radical (unpaired) electrons. The van der Waals surface area contributed by atoms with Gasteiger partial charge in [0.25, 0.3) is 0 Å². The van der Waals surface area contributed by atoms with E-state index < -0.39 is 122 Å². The van der Waals surface area contributed by atoms with Crippen LogP contribution in [0.3, 0.4) is 0 Å². The smallest absolute Gasteiger partial charge is 0.329 e. The molecule has 11 aromatic rings.